The highest BCUT2D eigenvalue weighted by Crippen LogP contribution is 2.37. The lowest BCUT2D eigenvalue weighted by Gasteiger charge is -2.04. The zero-order valence-electron chi connectivity index (χ0n) is 13.5. The first kappa shape index (κ1) is 16.6. The zero-order valence-corrected chi connectivity index (χ0v) is 15.1. The van der Waals surface area contributed by atoms with Gasteiger partial charge in [0.05, 0.1) is 11.3 Å². The quantitative estimate of drug-likeness (QED) is 0.700. The summed E-state index contributed by atoms with van der Waals surface area (Å²) in [4.78, 5) is 30.0. The van der Waals surface area contributed by atoms with Crippen LogP contribution < -0.4 is 5.32 Å². The average molecular weight is 360 g/mol. The third-order valence-electron chi connectivity index (χ3n) is 3.55. The maximum atomic E-state index is 12.4. The van der Waals surface area contributed by atoms with E-state index in [4.69, 9.17) is 4.74 Å². The summed E-state index contributed by atoms with van der Waals surface area (Å²) in [5, 5.41) is 3.37. The molecule has 2 aromatic heterocycles. The number of hydrogen-bond acceptors (Lipinski definition) is 6. The number of nitrogens with one attached hydrogen (secondary N) is 1. The zero-order chi connectivity index (χ0) is 17.3. The Morgan fingerprint density at radius 3 is 2.62 bits per heavy atom. The minimum atomic E-state index is -0.323. The number of hydrogen-bond donors (Lipinski definition) is 1. The third kappa shape index (κ3) is 3.05. The number of ether oxygens (including phenoxy) is 1. The first-order valence-corrected chi connectivity index (χ1v) is 9.08. The molecule has 0 aliphatic heterocycles. The summed E-state index contributed by atoms with van der Waals surface area (Å²) in [5.41, 5.74) is 2.39. The maximum absolute atomic E-state index is 12.4. The van der Waals surface area contributed by atoms with Crippen LogP contribution in [0.2, 0.25) is 0 Å². The molecule has 0 unspecified atom stereocenters. The van der Waals surface area contributed by atoms with Crippen molar-refractivity contribution in [1.82, 2.24) is 4.98 Å². The molecule has 0 atom stereocenters. The lowest BCUT2D eigenvalue weighted by Crippen LogP contribution is -2.12. The van der Waals surface area contributed by atoms with Gasteiger partial charge in [-0.25, -0.2) is 9.78 Å². The molecule has 0 fully saturated rings. The van der Waals surface area contributed by atoms with Crippen molar-refractivity contribution in [3.8, 4) is 0 Å². The van der Waals surface area contributed by atoms with E-state index < -0.39 is 0 Å². The number of anilines is 1. The van der Waals surface area contributed by atoms with Crippen LogP contribution in [-0.2, 0) is 4.74 Å². The van der Waals surface area contributed by atoms with Crippen molar-refractivity contribution in [3.05, 3.63) is 45.8 Å². The van der Waals surface area contributed by atoms with E-state index in [1.807, 2.05) is 32.0 Å². The second-order valence-electron chi connectivity index (χ2n) is 5.20. The van der Waals surface area contributed by atoms with Crippen molar-refractivity contribution in [2.75, 3.05) is 11.9 Å². The molecule has 0 aliphatic rings. The van der Waals surface area contributed by atoms with Gasteiger partial charge in [-0.2, -0.15) is 0 Å². The Bertz CT molecular complexity index is 927. The fraction of sp³-hybridized carbons (Fsp3) is 0.235. The Balaban J connectivity index is 1.86. The number of esters is 1. The molecule has 1 N–H and O–H groups in total. The Hall–Kier alpha value is -2.25. The van der Waals surface area contributed by atoms with Gasteiger partial charge >= 0.3 is 5.97 Å². The highest BCUT2D eigenvalue weighted by molar-refractivity contribution is 7.30. The number of aromatic nitrogens is 1. The summed E-state index contributed by atoms with van der Waals surface area (Å²) in [7, 11) is 0. The lowest BCUT2D eigenvalue weighted by atomic mass is 10.1. The Morgan fingerprint density at radius 1 is 1.21 bits per heavy atom. The molecule has 24 heavy (non-hydrogen) atoms. The number of thiophene rings is 1. The highest BCUT2D eigenvalue weighted by atomic mass is 32.1. The molecule has 7 heteroatoms. The van der Waals surface area contributed by atoms with Gasteiger partial charge < -0.3 is 4.74 Å². The van der Waals surface area contributed by atoms with Gasteiger partial charge in [-0.05, 0) is 38.0 Å². The van der Waals surface area contributed by atoms with E-state index in [1.54, 1.807) is 13.0 Å². The van der Waals surface area contributed by atoms with Crippen molar-refractivity contribution >= 4 is 49.2 Å². The van der Waals surface area contributed by atoms with Crippen molar-refractivity contribution in [2.24, 2.45) is 0 Å². The Kier molecular flexibility index (Phi) is 4.64. The van der Waals surface area contributed by atoms with Crippen LogP contribution in [-0.4, -0.2) is 23.5 Å². The summed E-state index contributed by atoms with van der Waals surface area (Å²) < 4.78 is 5.96. The predicted molar refractivity (Wildman–Crippen MR) is 97.3 cm³/mol. The normalized spacial score (nSPS) is 10.8. The fourth-order valence-electron chi connectivity index (χ4n) is 2.33. The number of carbonyl (C=O) groups excluding carboxylic acids is 2. The van der Waals surface area contributed by atoms with Crippen molar-refractivity contribution in [1.29, 1.82) is 0 Å². The SMILES string of the molecule is CCOC(=O)c1sc2nc(NC(=O)c3ccccc3C)sc2c1C. The smallest absolute Gasteiger partial charge is 0.348 e. The van der Waals surface area contributed by atoms with E-state index in [9.17, 15) is 9.59 Å². The second kappa shape index (κ2) is 6.70. The average Bonchev–Trinajstić information content (AvgIpc) is 3.07. The maximum Gasteiger partial charge on any atom is 0.348 e. The molecule has 2 heterocycles. The van der Waals surface area contributed by atoms with Crippen LogP contribution in [0.4, 0.5) is 5.13 Å². The number of benzene rings is 1. The van der Waals surface area contributed by atoms with Crippen molar-refractivity contribution in [3.63, 3.8) is 0 Å². The molecule has 0 saturated carbocycles. The second-order valence-corrected chi connectivity index (χ2v) is 7.20. The fourth-order valence-corrected chi connectivity index (χ4v) is 4.53. The minimum Gasteiger partial charge on any atom is -0.462 e. The molecule has 0 saturated heterocycles. The van der Waals surface area contributed by atoms with Crippen LogP contribution >= 0.6 is 22.7 Å². The first-order valence-electron chi connectivity index (χ1n) is 7.45. The monoisotopic (exact) mass is 360 g/mol. The van der Waals surface area contributed by atoms with E-state index in [1.165, 1.54) is 22.7 Å². The number of aryl methyl sites for hydroxylation is 2. The van der Waals surface area contributed by atoms with Crippen molar-refractivity contribution < 1.29 is 14.3 Å². The molecule has 0 bridgehead atoms. The molecule has 1 amide bonds. The molecule has 124 valence electrons. The van der Waals surface area contributed by atoms with E-state index in [0.717, 1.165) is 20.7 Å². The van der Waals surface area contributed by atoms with E-state index in [-0.39, 0.29) is 11.9 Å². The predicted octanol–water partition coefficient (Wildman–Crippen LogP) is 4.40. The van der Waals surface area contributed by atoms with Gasteiger partial charge in [0.15, 0.2) is 5.13 Å². The molecule has 3 rings (SSSR count). The van der Waals surface area contributed by atoms with Crippen LogP contribution in [0.25, 0.3) is 9.53 Å². The molecular formula is C17H16N2O3S2. The molecule has 3 aromatic rings. The summed E-state index contributed by atoms with van der Waals surface area (Å²) in [5.74, 6) is -0.506. The number of fused-ring (bicyclic) bond motifs is 1. The van der Waals surface area contributed by atoms with Gasteiger partial charge in [0, 0.05) is 5.56 Å². The molecular weight excluding hydrogens is 344 g/mol. The van der Waals surface area contributed by atoms with Gasteiger partial charge in [-0.15, -0.1) is 11.3 Å². The Morgan fingerprint density at radius 2 is 1.96 bits per heavy atom. The van der Waals surface area contributed by atoms with Crippen LogP contribution in [0.15, 0.2) is 24.3 Å². The number of amides is 1. The summed E-state index contributed by atoms with van der Waals surface area (Å²) >= 11 is 2.66. The summed E-state index contributed by atoms with van der Waals surface area (Å²) in [6, 6.07) is 7.40. The lowest BCUT2D eigenvalue weighted by molar-refractivity contribution is 0.0531. The highest BCUT2D eigenvalue weighted by Gasteiger charge is 2.20. The van der Waals surface area contributed by atoms with Gasteiger partial charge in [-0.3, -0.25) is 10.1 Å². The minimum absolute atomic E-state index is 0.183. The molecule has 0 spiro atoms. The largest absolute Gasteiger partial charge is 0.462 e. The molecule has 1 aromatic carbocycles. The number of thiazole rings is 1. The molecule has 5 nitrogen and oxygen atoms in total. The van der Waals surface area contributed by atoms with Gasteiger partial charge in [0.2, 0.25) is 0 Å². The van der Waals surface area contributed by atoms with Crippen LogP contribution in [0.5, 0.6) is 0 Å². The van der Waals surface area contributed by atoms with Crippen LogP contribution in [0.3, 0.4) is 0 Å². The number of rotatable bonds is 4. The molecule has 0 radical (unpaired) electrons. The molecule has 0 aliphatic carbocycles. The summed E-state index contributed by atoms with van der Waals surface area (Å²) in [6.07, 6.45) is 0. The van der Waals surface area contributed by atoms with Gasteiger partial charge in [-0.1, -0.05) is 29.5 Å². The topological polar surface area (TPSA) is 68.3 Å². The van der Waals surface area contributed by atoms with Gasteiger partial charge in [0.25, 0.3) is 5.91 Å². The van der Waals surface area contributed by atoms with E-state index in [2.05, 4.69) is 10.3 Å². The van der Waals surface area contributed by atoms with Crippen molar-refractivity contribution in [2.45, 2.75) is 20.8 Å². The van der Waals surface area contributed by atoms with Crippen LogP contribution in [0, 0.1) is 13.8 Å². The van der Waals surface area contributed by atoms with E-state index >= 15 is 0 Å². The standard InChI is InChI=1S/C17H16N2O3S2/c1-4-22-16(21)13-10(3)12-15(23-13)19-17(24-12)18-14(20)11-8-6-5-7-9(11)2/h5-8H,4H2,1-3H3,(H,18,19,20). The van der Waals surface area contributed by atoms with E-state index in [0.29, 0.717) is 22.2 Å². The van der Waals surface area contributed by atoms with Crippen LogP contribution in [0.1, 0.15) is 38.1 Å². The number of carbonyl (C=O) groups is 2. The number of nitrogens with zero attached hydrogens (tertiary/aromatic N) is 1. The summed E-state index contributed by atoms with van der Waals surface area (Å²) in [6.45, 7) is 5.89. The first-order chi connectivity index (χ1) is 11.5. The van der Waals surface area contributed by atoms with Gasteiger partial charge in [0.1, 0.15) is 9.71 Å². The third-order valence-corrected chi connectivity index (χ3v) is 5.93. The Labute approximate surface area is 147 Å².